The summed E-state index contributed by atoms with van der Waals surface area (Å²) in [6, 6.07) is 9.66. The van der Waals surface area contributed by atoms with Gasteiger partial charge in [0.1, 0.15) is 0 Å². The van der Waals surface area contributed by atoms with E-state index in [9.17, 15) is 0 Å². The highest BCUT2D eigenvalue weighted by Gasteiger charge is 2.30. The van der Waals surface area contributed by atoms with E-state index >= 15 is 0 Å². The Morgan fingerprint density at radius 3 is 2.71 bits per heavy atom. The Kier molecular flexibility index (Phi) is 4.19. The molecule has 0 aromatic heterocycles. The van der Waals surface area contributed by atoms with E-state index in [2.05, 4.69) is 50.4 Å². The van der Waals surface area contributed by atoms with Crippen molar-refractivity contribution in [3.05, 3.63) is 35.4 Å². The van der Waals surface area contributed by atoms with Crippen LogP contribution in [0.4, 0.5) is 0 Å². The summed E-state index contributed by atoms with van der Waals surface area (Å²) in [5.74, 6) is 0. The maximum absolute atomic E-state index is 5.58. The number of benzene rings is 1. The molecule has 17 heavy (non-hydrogen) atoms. The van der Waals surface area contributed by atoms with Crippen molar-refractivity contribution in [2.75, 3.05) is 6.61 Å². The van der Waals surface area contributed by atoms with Crippen LogP contribution < -0.4 is 5.32 Å². The van der Waals surface area contributed by atoms with Crippen molar-refractivity contribution in [3.8, 4) is 0 Å². The zero-order valence-electron chi connectivity index (χ0n) is 11.1. The molecule has 1 atom stereocenters. The van der Waals surface area contributed by atoms with Crippen LogP contribution in [0.5, 0.6) is 0 Å². The summed E-state index contributed by atoms with van der Waals surface area (Å²) in [4.78, 5) is 0. The third-order valence-electron chi connectivity index (χ3n) is 3.64. The number of rotatable bonds is 5. The van der Waals surface area contributed by atoms with Crippen LogP contribution in [0.15, 0.2) is 24.3 Å². The molecule has 0 unspecified atom stereocenters. The lowest BCUT2D eigenvalue weighted by molar-refractivity contribution is -0.0120. The predicted molar refractivity (Wildman–Crippen MR) is 71.2 cm³/mol. The third-order valence-corrected chi connectivity index (χ3v) is 3.64. The fourth-order valence-electron chi connectivity index (χ4n) is 2.59. The molecular weight excluding hydrogens is 210 g/mol. The molecule has 1 aromatic carbocycles. The molecule has 1 N–H and O–H groups in total. The maximum atomic E-state index is 5.58. The van der Waals surface area contributed by atoms with Crippen LogP contribution in [-0.4, -0.2) is 18.8 Å². The molecule has 0 aliphatic heterocycles. The lowest BCUT2D eigenvalue weighted by Crippen LogP contribution is -2.46. The molecule has 0 bridgehead atoms. The van der Waals surface area contributed by atoms with Gasteiger partial charge < -0.3 is 10.1 Å². The molecule has 1 aromatic rings. The van der Waals surface area contributed by atoms with Crippen LogP contribution >= 0.6 is 0 Å². The van der Waals surface area contributed by atoms with E-state index in [4.69, 9.17) is 4.74 Å². The maximum Gasteiger partial charge on any atom is 0.0604 e. The van der Waals surface area contributed by atoms with Crippen LogP contribution in [-0.2, 0) is 4.74 Å². The first-order chi connectivity index (χ1) is 8.20. The number of ether oxygens (including phenoxy) is 1. The van der Waals surface area contributed by atoms with Gasteiger partial charge in [0.15, 0.2) is 0 Å². The van der Waals surface area contributed by atoms with Crippen LogP contribution in [0.3, 0.4) is 0 Å². The highest BCUT2D eigenvalue weighted by molar-refractivity contribution is 5.28. The summed E-state index contributed by atoms with van der Waals surface area (Å²) in [5, 5.41) is 3.68. The van der Waals surface area contributed by atoms with Crippen molar-refractivity contribution in [2.45, 2.75) is 51.8 Å². The molecule has 0 heterocycles. The van der Waals surface area contributed by atoms with Gasteiger partial charge in [-0.1, -0.05) is 24.3 Å². The van der Waals surface area contributed by atoms with E-state index in [1.807, 2.05) is 0 Å². The van der Waals surface area contributed by atoms with Gasteiger partial charge in [-0.05, 0) is 44.7 Å². The van der Waals surface area contributed by atoms with Crippen molar-refractivity contribution in [2.24, 2.45) is 0 Å². The molecule has 1 fully saturated rings. The van der Waals surface area contributed by atoms with E-state index in [1.54, 1.807) is 0 Å². The summed E-state index contributed by atoms with van der Waals surface area (Å²) >= 11 is 0. The first-order valence-corrected chi connectivity index (χ1v) is 6.64. The van der Waals surface area contributed by atoms with Crippen molar-refractivity contribution in [1.82, 2.24) is 5.32 Å². The quantitative estimate of drug-likeness (QED) is 0.843. The Labute approximate surface area is 104 Å². The Morgan fingerprint density at radius 2 is 2.06 bits per heavy atom. The summed E-state index contributed by atoms with van der Waals surface area (Å²) in [6.07, 6.45) is 2.80. The van der Waals surface area contributed by atoms with Gasteiger partial charge in [0.25, 0.3) is 0 Å². The minimum absolute atomic E-state index is 0.434. The molecule has 2 heteroatoms. The minimum Gasteiger partial charge on any atom is -0.378 e. The minimum atomic E-state index is 0.434. The first-order valence-electron chi connectivity index (χ1n) is 6.64. The molecule has 1 saturated carbocycles. The van der Waals surface area contributed by atoms with Gasteiger partial charge in [-0.3, -0.25) is 0 Å². The van der Waals surface area contributed by atoms with E-state index < -0.39 is 0 Å². The number of aryl methyl sites for hydroxylation is 1. The molecule has 1 aliphatic rings. The molecule has 94 valence electrons. The average Bonchev–Trinajstić information content (AvgIpc) is 2.26. The molecule has 0 radical (unpaired) electrons. The molecule has 2 nitrogen and oxygen atoms in total. The monoisotopic (exact) mass is 233 g/mol. The summed E-state index contributed by atoms with van der Waals surface area (Å²) in [6.45, 7) is 7.33. The molecule has 0 amide bonds. The molecule has 1 aliphatic carbocycles. The summed E-state index contributed by atoms with van der Waals surface area (Å²) in [5.41, 5.74) is 2.78. The van der Waals surface area contributed by atoms with E-state index in [0.717, 1.165) is 19.4 Å². The average molecular weight is 233 g/mol. The predicted octanol–water partition coefficient (Wildman–Crippen LogP) is 3.21. The summed E-state index contributed by atoms with van der Waals surface area (Å²) < 4.78 is 5.58. The standard InChI is InChI=1S/C15H23NO/c1-4-17-14-9-13(10-14)16-12(3)15-8-6-5-7-11(15)2/h5-8,12-14,16H,4,9-10H2,1-3H3/t12-,13?,14?/m0/s1. The topological polar surface area (TPSA) is 21.3 Å². The van der Waals surface area contributed by atoms with Gasteiger partial charge in [-0.2, -0.15) is 0 Å². The fraction of sp³-hybridized carbons (Fsp3) is 0.600. The van der Waals surface area contributed by atoms with Crippen molar-refractivity contribution < 1.29 is 4.74 Å². The zero-order valence-corrected chi connectivity index (χ0v) is 11.1. The Balaban J connectivity index is 1.83. The normalized spacial score (nSPS) is 25.4. The smallest absolute Gasteiger partial charge is 0.0604 e. The third kappa shape index (κ3) is 3.08. The summed E-state index contributed by atoms with van der Waals surface area (Å²) in [7, 11) is 0. The molecule has 2 rings (SSSR count). The molecular formula is C15H23NO. The van der Waals surface area contributed by atoms with Gasteiger partial charge in [0.05, 0.1) is 6.10 Å². The van der Waals surface area contributed by atoms with Crippen LogP contribution in [0.25, 0.3) is 0 Å². The fourth-order valence-corrected chi connectivity index (χ4v) is 2.59. The Hall–Kier alpha value is -0.860. The second-order valence-corrected chi connectivity index (χ2v) is 4.99. The van der Waals surface area contributed by atoms with Gasteiger partial charge in [-0.25, -0.2) is 0 Å². The van der Waals surface area contributed by atoms with Crippen LogP contribution in [0, 0.1) is 6.92 Å². The first kappa shape index (κ1) is 12.6. The van der Waals surface area contributed by atoms with Crippen molar-refractivity contribution in [3.63, 3.8) is 0 Å². The van der Waals surface area contributed by atoms with Crippen molar-refractivity contribution in [1.29, 1.82) is 0 Å². The lowest BCUT2D eigenvalue weighted by atomic mass is 9.88. The van der Waals surface area contributed by atoms with Gasteiger partial charge in [0.2, 0.25) is 0 Å². The van der Waals surface area contributed by atoms with Crippen molar-refractivity contribution >= 4 is 0 Å². The van der Waals surface area contributed by atoms with Gasteiger partial charge >= 0.3 is 0 Å². The Morgan fingerprint density at radius 1 is 1.35 bits per heavy atom. The van der Waals surface area contributed by atoms with Crippen LogP contribution in [0.2, 0.25) is 0 Å². The largest absolute Gasteiger partial charge is 0.378 e. The van der Waals surface area contributed by atoms with E-state index in [-0.39, 0.29) is 0 Å². The second-order valence-electron chi connectivity index (χ2n) is 4.99. The highest BCUT2D eigenvalue weighted by Crippen LogP contribution is 2.26. The van der Waals surface area contributed by atoms with Gasteiger partial charge in [-0.15, -0.1) is 0 Å². The number of nitrogens with one attached hydrogen (secondary N) is 1. The zero-order chi connectivity index (χ0) is 12.3. The molecule has 0 saturated heterocycles. The van der Waals surface area contributed by atoms with E-state index in [1.165, 1.54) is 11.1 Å². The van der Waals surface area contributed by atoms with Crippen LogP contribution in [0.1, 0.15) is 43.9 Å². The number of hydrogen-bond acceptors (Lipinski definition) is 2. The SMILES string of the molecule is CCOC1CC(N[C@@H](C)c2ccccc2C)C1. The highest BCUT2D eigenvalue weighted by atomic mass is 16.5. The Bertz CT molecular complexity index is 358. The number of hydrogen-bond donors (Lipinski definition) is 1. The second kappa shape index (κ2) is 5.65. The van der Waals surface area contributed by atoms with E-state index in [0.29, 0.717) is 18.2 Å². The lowest BCUT2D eigenvalue weighted by Gasteiger charge is -2.37. The van der Waals surface area contributed by atoms with Gasteiger partial charge in [0, 0.05) is 18.7 Å². The molecule has 0 spiro atoms.